The summed E-state index contributed by atoms with van der Waals surface area (Å²) in [5.41, 5.74) is 1.17. The van der Waals surface area contributed by atoms with Gasteiger partial charge in [0.2, 0.25) is 0 Å². The zero-order chi connectivity index (χ0) is 13.4. The molecule has 0 aromatic carbocycles. The molecule has 2 fully saturated rings. The van der Waals surface area contributed by atoms with Crippen LogP contribution in [0, 0.1) is 11.8 Å². The Morgan fingerprint density at radius 1 is 1.26 bits per heavy atom. The Morgan fingerprint density at radius 2 is 2.11 bits per heavy atom. The molecule has 0 radical (unpaired) electrons. The van der Waals surface area contributed by atoms with Crippen LogP contribution in [0.4, 0.5) is 5.82 Å². The molecule has 0 saturated heterocycles. The van der Waals surface area contributed by atoms with E-state index in [1.54, 1.807) is 0 Å². The Labute approximate surface area is 123 Å². The molecule has 0 aliphatic heterocycles. The molecule has 4 heteroatoms. The second kappa shape index (κ2) is 5.39. The van der Waals surface area contributed by atoms with Crippen molar-refractivity contribution in [2.45, 2.75) is 51.4 Å². The van der Waals surface area contributed by atoms with Gasteiger partial charge in [-0.25, -0.2) is 9.97 Å². The first kappa shape index (κ1) is 13.3. The summed E-state index contributed by atoms with van der Waals surface area (Å²) in [5.74, 6) is 4.43. The lowest BCUT2D eigenvalue weighted by Crippen LogP contribution is -2.15. The summed E-state index contributed by atoms with van der Waals surface area (Å²) in [6.07, 6.45) is 7.66. The van der Waals surface area contributed by atoms with Crippen LogP contribution in [0.2, 0.25) is 0 Å². The van der Waals surface area contributed by atoms with E-state index in [4.69, 9.17) is 9.97 Å². The maximum absolute atomic E-state index is 4.87. The molecule has 3 rings (SSSR count). The Hall–Kier alpha value is -0.640. The molecule has 2 aliphatic rings. The molecule has 0 spiro atoms. The Kier molecular flexibility index (Phi) is 3.79. The minimum atomic E-state index is 0.606. The van der Waals surface area contributed by atoms with E-state index in [-0.39, 0.29) is 0 Å². The molecule has 19 heavy (non-hydrogen) atoms. The normalized spacial score (nSPS) is 28.9. The molecular formula is C15H22BrN3. The Bertz CT molecular complexity index is 475. The monoisotopic (exact) mass is 323 g/mol. The summed E-state index contributed by atoms with van der Waals surface area (Å²) in [6, 6.07) is 0. The van der Waals surface area contributed by atoms with Gasteiger partial charge in [-0.3, -0.25) is 0 Å². The maximum Gasteiger partial charge on any atom is 0.144 e. The molecule has 1 aromatic heterocycles. The predicted molar refractivity (Wildman–Crippen MR) is 81.5 cm³/mol. The van der Waals surface area contributed by atoms with Crippen molar-refractivity contribution >= 4 is 21.7 Å². The summed E-state index contributed by atoms with van der Waals surface area (Å²) in [6.45, 7) is 2.20. The van der Waals surface area contributed by atoms with Crippen LogP contribution in [0.25, 0.3) is 0 Å². The van der Waals surface area contributed by atoms with Gasteiger partial charge in [0.05, 0.1) is 10.2 Å². The summed E-state index contributed by atoms with van der Waals surface area (Å²) in [7, 11) is 1.94. The van der Waals surface area contributed by atoms with Crippen LogP contribution in [0.1, 0.15) is 56.5 Å². The smallest absolute Gasteiger partial charge is 0.144 e. The number of hydrogen-bond donors (Lipinski definition) is 1. The van der Waals surface area contributed by atoms with Crippen LogP contribution in [-0.4, -0.2) is 17.0 Å². The quantitative estimate of drug-likeness (QED) is 0.905. The van der Waals surface area contributed by atoms with Crippen molar-refractivity contribution < 1.29 is 0 Å². The van der Waals surface area contributed by atoms with Crippen LogP contribution < -0.4 is 5.32 Å². The fourth-order valence-electron chi connectivity index (χ4n) is 3.81. The molecule has 1 N–H and O–H groups in total. The van der Waals surface area contributed by atoms with Gasteiger partial charge in [0.1, 0.15) is 11.6 Å². The third-order valence-corrected chi connectivity index (χ3v) is 5.56. The van der Waals surface area contributed by atoms with Gasteiger partial charge in [0, 0.05) is 13.0 Å². The molecular weight excluding hydrogens is 302 g/mol. The topological polar surface area (TPSA) is 37.8 Å². The number of aryl methyl sites for hydroxylation is 1. The van der Waals surface area contributed by atoms with E-state index < -0.39 is 0 Å². The van der Waals surface area contributed by atoms with E-state index in [9.17, 15) is 0 Å². The van der Waals surface area contributed by atoms with Gasteiger partial charge in [-0.1, -0.05) is 19.8 Å². The highest BCUT2D eigenvalue weighted by Crippen LogP contribution is 2.52. The van der Waals surface area contributed by atoms with Gasteiger partial charge in [-0.05, 0) is 53.4 Å². The number of fused-ring (bicyclic) bond motifs is 2. The van der Waals surface area contributed by atoms with E-state index in [1.807, 2.05) is 7.05 Å². The number of hydrogen-bond acceptors (Lipinski definition) is 3. The van der Waals surface area contributed by atoms with E-state index in [1.165, 1.54) is 31.4 Å². The van der Waals surface area contributed by atoms with Crippen molar-refractivity contribution in [3.05, 3.63) is 16.0 Å². The average molecular weight is 324 g/mol. The summed E-state index contributed by atoms with van der Waals surface area (Å²) >= 11 is 3.64. The first-order chi connectivity index (χ1) is 9.22. The van der Waals surface area contributed by atoms with E-state index in [0.717, 1.165) is 40.8 Å². The first-order valence-corrected chi connectivity index (χ1v) is 8.26. The Balaban J connectivity index is 1.94. The lowest BCUT2D eigenvalue weighted by Gasteiger charge is -2.22. The minimum absolute atomic E-state index is 0.606. The largest absolute Gasteiger partial charge is 0.372 e. The highest BCUT2D eigenvalue weighted by atomic mass is 79.9. The number of nitrogens with one attached hydrogen (secondary N) is 1. The van der Waals surface area contributed by atoms with Gasteiger partial charge < -0.3 is 5.32 Å². The fraction of sp³-hybridized carbons (Fsp3) is 0.733. The molecule has 3 atom stereocenters. The SMILES string of the molecule is CCCc1nc(C2CC3CCC2C3)nc(NC)c1Br. The molecule has 104 valence electrons. The van der Waals surface area contributed by atoms with E-state index >= 15 is 0 Å². The van der Waals surface area contributed by atoms with Gasteiger partial charge in [0.25, 0.3) is 0 Å². The van der Waals surface area contributed by atoms with Crippen molar-refractivity contribution in [2.24, 2.45) is 11.8 Å². The summed E-state index contributed by atoms with van der Waals surface area (Å²) in [4.78, 5) is 9.64. The second-order valence-corrected chi connectivity index (χ2v) is 6.77. The van der Waals surface area contributed by atoms with Crippen molar-refractivity contribution in [1.29, 1.82) is 0 Å². The minimum Gasteiger partial charge on any atom is -0.372 e. The third-order valence-electron chi connectivity index (χ3n) is 4.73. The van der Waals surface area contributed by atoms with Gasteiger partial charge in [-0.15, -0.1) is 0 Å². The molecule has 1 heterocycles. The van der Waals surface area contributed by atoms with Crippen molar-refractivity contribution in [3.63, 3.8) is 0 Å². The van der Waals surface area contributed by atoms with Crippen LogP contribution in [0.5, 0.6) is 0 Å². The van der Waals surface area contributed by atoms with Gasteiger partial charge >= 0.3 is 0 Å². The fourth-order valence-corrected chi connectivity index (χ4v) is 4.38. The molecule has 2 aliphatic carbocycles. The Morgan fingerprint density at radius 3 is 2.68 bits per heavy atom. The van der Waals surface area contributed by atoms with Gasteiger partial charge in [0.15, 0.2) is 0 Å². The van der Waals surface area contributed by atoms with Crippen LogP contribution in [0.3, 0.4) is 0 Å². The molecule has 2 saturated carbocycles. The van der Waals surface area contributed by atoms with Crippen molar-refractivity contribution in [3.8, 4) is 0 Å². The van der Waals surface area contributed by atoms with Crippen molar-refractivity contribution in [1.82, 2.24) is 9.97 Å². The number of anilines is 1. The maximum atomic E-state index is 4.87. The number of aromatic nitrogens is 2. The summed E-state index contributed by atoms with van der Waals surface area (Å²) in [5, 5.41) is 3.20. The standard InChI is InChI=1S/C15H22BrN3/c1-3-4-12-13(16)15(17-2)19-14(18-12)11-8-9-5-6-10(11)7-9/h9-11H,3-8H2,1-2H3,(H,17,18,19). The van der Waals surface area contributed by atoms with Crippen LogP contribution >= 0.6 is 15.9 Å². The van der Waals surface area contributed by atoms with Crippen molar-refractivity contribution in [2.75, 3.05) is 12.4 Å². The summed E-state index contributed by atoms with van der Waals surface area (Å²) < 4.78 is 1.05. The molecule has 1 aromatic rings. The number of nitrogens with zero attached hydrogens (tertiary/aromatic N) is 2. The van der Waals surface area contributed by atoms with Gasteiger partial charge in [-0.2, -0.15) is 0 Å². The molecule has 0 amide bonds. The third kappa shape index (κ3) is 2.39. The zero-order valence-corrected chi connectivity index (χ0v) is 13.3. The lowest BCUT2D eigenvalue weighted by atomic mass is 9.88. The lowest BCUT2D eigenvalue weighted by molar-refractivity contribution is 0.404. The highest BCUT2D eigenvalue weighted by molar-refractivity contribution is 9.10. The molecule has 3 nitrogen and oxygen atoms in total. The van der Waals surface area contributed by atoms with E-state index in [0.29, 0.717) is 5.92 Å². The van der Waals surface area contributed by atoms with E-state index in [2.05, 4.69) is 28.2 Å². The number of rotatable bonds is 4. The van der Waals surface area contributed by atoms with Crippen LogP contribution in [0.15, 0.2) is 4.47 Å². The average Bonchev–Trinajstić information content (AvgIpc) is 3.03. The second-order valence-electron chi connectivity index (χ2n) is 5.97. The highest BCUT2D eigenvalue weighted by Gasteiger charge is 2.41. The number of halogens is 1. The molecule has 2 bridgehead atoms. The molecule has 3 unspecified atom stereocenters. The zero-order valence-electron chi connectivity index (χ0n) is 11.7. The first-order valence-electron chi connectivity index (χ1n) is 7.47. The van der Waals surface area contributed by atoms with Crippen LogP contribution in [-0.2, 0) is 6.42 Å². The predicted octanol–water partition coefficient (Wildman–Crippen LogP) is 4.14.